The van der Waals surface area contributed by atoms with Crippen LogP contribution in [-0.4, -0.2) is 37.2 Å². The van der Waals surface area contributed by atoms with Crippen LogP contribution in [0.3, 0.4) is 0 Å². The molecule has 1 fully saturated rings. The molecular weight excluding hydrogens is 338 g/mol. The highest BCUT2D eigenvalue weighted by molar-refractivity contribution is 5.95. The first-order valence-corrected chi connectivity index (χ1v) is 9.40. The summed E-state index contributed by atoms with van der Waals surface area (Å²) in [6.07, 6.45) is 5.74. The second kappa shape index (κ2) is 6.23. The Morgan fingerprint density at radius 3 is 2.59 bits per heavy atom. The van der Waals surface area contributed by atoms with Crippen molar-refractivity contribution in [2.75, 3.05) is 5.32 Å². The van der Waals surface area contributed by atoms with Gasteiger partial charge in [-0.15, -0.1) is 0 Å². The van der Waals surface area contributed by atoms with E-state index in [1.54, 1.807) is 18.3 Å². The lowest BCUT2D eigenvalue weighted by molar-refractivity contribution is 0.170. The van der Waals surface area contributed by atoms with E-state index in [-0.39, 0.29) is 16.8 Å². The molecule has 3 aromatic rings. The number of phenolic OH excluding ortho intramolecular Hbond substituents is 1. The quantitative estimate of drug-likeness (QED) is 0.563. The van der Waals surface area contributed by atoms with Gasteiger partial charge in [0.25, 0.3) is 0 Å². The van der Waals surface area contributed by atoms with E-state index >= 15 is 0 Å². The number of aromatic nitrogens is 3. The van der Waals surface area contributed by atoms with Gasteiger partial charge in [0.05, 0.1) is 5.69 Å². The van der Waals surface area contributed by atoms with Crippen LogP contribution in [0.25, 0.3) is 22.2 Å². The van der Waals surface area contributed by atoms with E-state index in [0.29, 0.717) is 12.0 Å². The summed E-state index contributed by atoms with van der Waals surface area (Å²) in [5, 5.41) is 17.9. The maximum Gasteiger partial charge on any atom is 0.223 e. The molecule has 2 aromatic heterocycles. The summed E-state index contributed by atoms with van der Waals surface area (Å²) in [5.74, 6) is 0.899. The molecule has 1 aliphatic rings. The molecule has 0 aliphatic carbocycles. The lowest BCUT2D eigenvalue weighted by Gasteiger charge is -2.46. The molecule has 1 aromatic carbocycles. The second-order valence-electron chi connectivity index (χ2n) is 8.84. The number of piperidine rings is 1. The number of rotatable bonds is 3. The molecule has 0 saturated carbocycles. The Balaban J connectivity index is 1.61. The first-order valence-electron chi connectivity index (χ1n) is 9.40. The number of H-pyrrole nitrogens is 1. The van der Waals surface area contributed by atoms with E-state index in [0.717, 1.165) is 35.0 Å². The minimum atomic E-state index is 0.0653. The summed E-state index contributed by atoms with van der Waals surface area (Å²) in [7, 11) is 0. The van der Waals surface area contributed by atoms with Crippen molar-refractivity contribution in [1.82, 2.24) is 20.3 Å². The van der Waals surface area contributed by atoms with Crippen molar-refractivity contribution < 1.29 is 5.11 Å². The van der Waals surface area contributed by atoms with E-state index in [1.807, 2.05) is 18.3 Å². The highest BCUT2D eigenvalue weighted by atomic mass is 16.3. The maximum absolute atomic E-state index is 9.66. The fourth-order valence-corrected chi connectivity index (χ4v) is 4.51. The molecule has 0 unspecified atom stereocenters. The van der Waals surface area contributed by atoms with Gasteiger partial charge in [0.15, 0.2) is 0 Å². The van der Waals surface area contributed by atoms with Crippen LogP contribution in [0, 0.1) is 0 Å². The molecule has 6 nitrogen and oxygen atoms in total. The Labute approximate surface area is 159 Å². The Morgan fingerprint density at radius 2 is 1.85 bits per heavy atom. The number of fused-ring (bicyclic) bond motifs is 1. The van der Waals surface area contributed by atoms with Crippen LogP contribution in [0.5, 0.6) is 5.75 Å². The Bertz CT molecular complexity index is 960. The summed E-state index contributed by atoms with van der Waals surface area (Å²) in [4.78, 5) is 12.4. The number of nitrogens with zero attached hydrogens (tertiary/aromatic N) is 2. The summed E-state index contributed by atoms with van der Waals surface area (Å²) in [6.45, 7) is 8.95. The topological polar surface area (TPSA) is 85.9 Å². The molecule has 142 valence electrons. The zero-order valence-electron chi connectivity index (χ0n) is 16.3. The molecule has 3 heterocycles. The van der Waals surface area contributed by atoms with E-state index in [9.17, 15) is 5.11 Å². The number of phenols is 1. The van der Waals surface area contributed by atoms with Gasteiger partial charge in [-0.2, -0.15) is 0 Å². The number of benzene rings is 1. The van der Waals surface area contributed by atoms with Crippen LogP contribution in [0.15, 0.2) is 36.7 Å². The lowest BCUT2D eigenvalue weighted by atomic mass is 9.80. The third-order valence-electron chi connectivity index (χ3n) is 5.12. The summed E-state index contributed by atoms with van der Waals surface area (Å²) < 4.78 is 0. The highest BCUT2D eigenvalue weighted by Crippen LogP contribution is 2.32. The molecule has 0 radical (unpaired) electrons. The fraction of sp³-hybridized carbons (Fsp3) is 0.429. The van der Waals surface area contributed by atoms with E-state index in [4.69, 9.17) is 4.98 Å². The van der Waals surface area contributed by atoms with Gasteiger partial charge in [-0.3, -0.25) is 0 Å². The average Bonchev–Trinajstić information content (AvgIpc) is 2.95. The van der Waals surface area contributed by atoms with Gasteiger partial charge in [-0.25, -0.2) is 9.97 Å². The molecule has 0 bridgehead atoms. The Kier molecular flexibility index (Phi) is 4.11. The third-order valence-corrected chi connectivity index (χ3v) is 5.12. The van der Waals surface area contributed by atoms with Gasteiger partial charge in [0, 0.05) is 52.0 Å². The predicted octanol–water partition coefficient (Wildman–Crippen LogP) is 4.05. The van der Waals surface area contributed by atoms with Gasteiger partial charge in [0.1, 0.15) is 5.75 Å². The summed E-state index contributed by atoms with van der Waals surface area (Å²) in [6, 6.07) is 7.55. The first-order chi connectivity index (χ1) is 12.7. The fourth-order valence-electron chi connectivity index (χ4n) is 4.51. The maximum atomic E-state index is 9.66. The van der Waals surface area contributed by atoms with Crippen molar-refractivity contribution in [2.24, 2.45) is 0 Å². The van der Waals surface area contributed by atoms with E-state index < -0.39 is 0 Å². The van der Waals surface area contributed by atoms with Crippen molar-refractivity contribution in [3.05, 3.63) is 36.7 Å². The Hall–Kier alpha value is -2.60. The minimum Gasteiger partial charge on any atom is -0.508 e. The summed E-state index contributed by atoms with van der Waals surface area (Å²) in [5.41, 5.74) is 2.88. The minimum absolute atomic E-state index is 0.0653. The second-order valence-corrected chi connectivity index (χ2v) is 8.84. The third kappa shape index (κ3) is 3.76. The molecule has 1 saturated heterocycles. The van der Waals surface area contributed by atoms with Crippen molar-refractivity contribution in [3.8, 4) is 17.0 Å². The molecule has 0 atom stereocenters. The monoisotopic (exact) mass is 365 g/mol. The molecule has 4 N–H and O–H groups in total. The number of aromatic amines is 1. The molecule has 0 spiro atoms. The number of hydrogen-bond donors (Lipinski definition) is 4. The van der Waals surface area contributed by atoms with E-state index in [1.165, 1.54) is 0 Å². The van der Waals surface area contributed by atoms with Crippen LogP contribution >= 0.6 is 0 Å². The van der Waals surface area contributed by atoms with Crippen LogP contribution in [-0.2, 0) is 0 Å². The normalized spacial score (nSPS) is 19.3. The lowest BCUT2D eigenvalue weighted by Crippen LogP contribution is -2.60. The van der Waals surface area contributed by atoms with Crippen molar-refractivity contribution >= 4 is 16.9 Å². The number of anilines is 1. The van der Waals surface area contributed by atoms with Gasteiger partial charge in [0.2, 0.25) is 5.95 Å². The Morgan fingerprint density at radius 1 is 1.11 bits per heavy atom. The largest absolute Gasteiger partial charge is 0.508 e. The zero-order chi connectivity index (χ0) is 19.2. The zero-order valence-corrected chi connectivity index (χ0v) is 16.3. The van der Waals surface area contributed by atoms with Gasteiger partial charge < -0.3 is 20.7 Å². The van der Waals surface area contributed by atoms with Gasteiger partial charge in [-0.05, 0) is 58.7 Å². The predicted molar refractivity (Wildman–Crippen MR) is 109 cm³/mol. The molecule has 6 heteroatoms. The number of aromatic hydroxyl groups is 1. The number of hydrogen-bond acceptors (Lipinski definition) is 5. The average molecular weight is 365 g/mol. The van der Waals surface area contributed by atoms with Gasteiger partial charge >= 0.3 is 0 Å². The van der Waals surface area contributed by atoms with Crippen LogP contribution < -0.4 is 10.6 Å². The van der Waals surface area contributed by atoms with Crippen LogP contribution in [0.4, 0.5) is 5.95 Å². The number of nitrogens with one attached hydrogen (secondary N) is 3. The first kappa shape index (κ1) is 17.8. The van der Waals surface area contributed by atoms with Crippen LogP contribution in [0.1, 0.15) is 40.5 Å². The molecule has 27 heavy (non-hydrogen) atoms. The van der Waals surface area contributed by atoms with E-state index in [2.05, 4.69) is 48.3 Å². The SMILES string of the molecule is CC1(C)CC(Nc2nccc(-c3c[nH]c4cc(O)ccc34)n2)CC(C)(C)N1. The van der Waals surface area contributed by atoms with Gasteiger partial charge in [-0.1, -0.05) is 0 Å². The smallest absolute Gasteiger partial charge is 0.223 e. The summed E-state index contributed by atoms with van der Waals surface area (Å²) >= 11 is 0. The molecule has 4 rings (SSSR count). The standard InChI is InChI=1S/C21H27N5O/c1-20(2)10-13(11-21(3,4)26-20)24-19-22-8-7-17(25-19)16-12-23-18-9-14(27)5-6-15(16)18/h5-9,12-13,23,26-27H,10-11H2,1-4H3,(H,22,24,25). The van der Waals surface area contributed by atoms with Crippen molar-refractivity contribution in [1.29, 1.82) is 0 Å². The van der Waals surface area contributed by atoms with Crippen molar-refractivity contribution in [2.45, 2.75) is 57.7 Å². The van der Waals surface area contributed by atoms with Crippen molar-refractivity contribution in [3.63, 3.8) is 0 Å². The molecular formula is C21H27N5O. The van der Waals surface area contributed by atoms with Crippen LogP contribution in [0.2, 0.25) is 0 Å². The highest BCUT2D eigenvalue weighted by Gasteiger charge is 2.37. The molecule has 0 amide bonds. The molecule has 1 aliphatic heterocycles.